The molecule has 0 aliphatic carbocycles. The van der Waals surface area contributed by atoms with Crippen LogP contribution in [-0.2, 0) is 4.74 Å². The van der Waals surface area contributed by atoms with E-state index >= 15 is 0 Å². The lowest BCUT2D eigenvalue weighted by atomic mass is 10.0. The summed E-state index contributed by atoms with van der Waals surface area (Å²) >= 11 is 0. The summed E-state index contributed by atoms with van der Waals surface area (Å²) in [5.74, 6) is 1.53. The molecular weight excluding hydrogens is 308 g/mol. The van der Waals surface area contributed by atoms with E-state index in [1.54, 1.807) is 19.4 Å². The van der Waals surface area contributed by atoms with Crippen molar-refractivity contribution in [2.24, 2.45) is 0 Å². The van der Waals surface area contributed by atoms with Gasteiger partial charge in [0.05, 0.1) is 18.9 Å². The van der Waals surface area contributed by atoms with Crippen molar-refractivity contribution in [1.29, 1.82) is 0 Å². The maximum atomic E-state index is 12.4. The van der Waals surface area contributed by atoms with Crippen molar-refractivity contribution in [3.8, 4) is 5.75 Å². The van der Waals surface area contributed by atoms with Gasteiger partial charge in [0.1, 0.15) is 24.2 Å². The lowest BCUT2D eigenvalue weighted by molar-refractivity contribution is 0.156. The van der Waals surface area contributed by atoms with Crippen LogP contribution in [0, 0.1) is 13.8 Å². The van der Waals surface area contributed by atoms with E-state index in [0.29, 0.717) is 19.0 Å². The SMILES string of the molecule is COC[C@H](NC(=O)N[C@@H]1COc2c1ccc(C)c2C)c1ccco1. The average Bonchev–Trinajstić information content (AvgIpc) is 3.21. The third-order valence-corrected chi connectivity index (χ3v) is 4.31. The molecule has 2 heterocycles. The van der Waals surface area contributed by atoms with E-state index in [0.717, 1.165) is 16.9 Å². The van der Waals surface area contributed by atoms with Gasteiger partial charge in [0, 0.05) is 12.7 Å². The first-order chi connectivity index (χ1) is 11.6. The summed E-state index contributed by atoms with van der Waals surface area (Å²) in [6, 6.07) is 6.85. The number of urea groups is 1. The topological polar surface area (TPSA) is 72.7 Å². The standard InChI is InChI=1S/C18H22N2O4/c1-11-6-7-13-14(10-24-17(13)12(11)2)19-18(21)20-15(9-22-3)16-5-4-8-23-16/h4-8,14-15H,9-10H2,1-3H3,(H2,19,20,21)/t14-,15+/m1/s1. The van der Waals surface area contributed by atoms with E-state index in [1.165, 1.54) is 5.56 Å². The minimum atomic E-state index is -0.341. The van der Waals surface area contributed by atoms with Gasteiger partial charge in [-0.25, -0.2) is 4.79 Å². The molecule has 1 aromatic carbocycles. The number of hydrogen-bond donors (Lipinski definition) is 2. The maximum Gasteiger partial charge on any atom is 0.316 e. The maximum absolute atomic E-state index is 12.4. The van der Waals surface area contributed by atoms with Crippen LogP contribution in [-0.4, -0.2) is 26.4 Å². The number of fused-ring (bicyclic) bond motifs is 1. The number of ether oxygens (including phenoxy) is 2. The molecule has 24 heavy (non-hydrogen) atoms. The Labute approximate surface area is 141 Å². The zero-order valence-corrected chi connectivity index (χ0v) is 14.1. The number of carbonyl (C=O) groups is 1. The molecule has 0 fully saturated rings. The first-order valence-electron chi connectivity index (χ1n) is 7.92. The molecule has 6 nitrogen and oxygen atoms in total. The smallest absolute Gasteiger partial charge is 0.316 e. The lowest BCUT2D eigenvalue weighted by Crippen LogP contribution is -2.41. The number of aryl methyl sites for hydroxylation is 1. The molecule has 128 valence electrons. The highest BCUT2D eigenvalue weighted by molar-refractivity contribution is 5.75. The van der Waals surface area contributed by atoms with E-state index in [2.05, 4.69) is 10.6 Å². The van der Waals surface area contributed by atoms with Crippen molar-refractivity contribution in [2.45, 2.75) is 25.9 Å². The highest BCUT2D eigenvalue weighted by Gasteiger charge is 2.28. The minimum Gasteiger partial charge on any atom is -0.490 e. The van der Waals surface area contributed by atoms with E-state index < -0.39 is 0 Å². The van der Waals surface area contributed by atoms with Crippen LogP contribution in [0.3, 0.4) is 0 Å². The predicted molar refractivity (Wildman–Crippen MR) is 89.1 cm³/mol. The van der Waals surface area contributed by atoms with Crippen LogP contribution in [0.1, 0.15) is 34.5 Å². The number of amides is 2. The second-order valence-corrected chi connectivity index (χ2v) is 5.93. The van der Waals surface area contributed by atoms with E-state index in [4.69, 9.17) is 13.9 Å². The van der Waals surface area contributed by atoms with Gasteiger partial charge in [0.15, 0.2) is 0 Å². The Bertz CT molecular complexity index is 712. The molecule has 2 atom stereocenters. The largest absolute Gasteiger partial charge is 0.490 e. The molecular formula is C18H22N2O4. The summed E-state index contributed by atoms with van der Waals surface area (Å²) < 4.78 is 16.3. The second-order valence-electron chi connectivity index (χ2n) is 5.93. The Kier molecular flexibility index (Phi) is 4.76. The van der Waals surface area contributed by atoms with Crippen molar-refractivity contribution in [3.63, 3.8) is 0 Å². The van der Waals surface area contributed by atoms with Crippen molar-refractivity contribution >= 4 is 6.03 Å². The van der Waals surface area contributed by atoms with Gasteiger partial charge in [0.25, 0.3) is 0 Å². The summed E-state index contributed by atoms with van der Waals surface area (Å²) in [5, 5.41) is 5.84. The molecule has 1 aromatic heterocycles. The molecule has 0 spiro atoms. The number of rotatable bonds is 5. The van der Waals surface area contributed by atoms with Gasteiger partial charge >= 0.3 is 6.03 Å². The zero-order chi connectivity index (χ0) is 17.1. The fourth-order valence-electron chi connectivity index (χ4n) is 2.86. The summed E-state index contributed by atoms with van der Waals surface area (Å²) in [7, 11) is 1.59. The zero-order valence-electron chi connectivity index (χ0n) is 14.1. The number of nitrogens with one attached hydrogen (secondary N) is 2. The molecule has 2 amide bonds. The Morgan fingerprint density at radius 1 is 1.38 bits per heavy atom. The monoisotopic (exact) mass is 330 g/mol. The normalized spacial score (nSPS) is 17.0. The first kappa shape index (κ1) is 16.4. The Balaban J connectivity index is 1.67. The minimum absolute atomic E-state index is 0.168. The van der Waals surface area contributed by atoms with Crippen molar-refractivity contribution < 1.29 is 18.7 Å². The Morgan fingerprint density at radius 3 is 2.92 bits per heavy atom. The van der Waals surface area contributed by atoms with Crippen LogP contribution < -0.4 is 15.4 Å². The van der Waals surface area contributed by atoms with Gasteiger partial charge < -0.3 is 24.5 Å². The highest BCUT2D eigenvalue weighted by Crippen LogP contribution is 2.36. The van der Waals surface area contributed by atoms with Gasteiger partial charge in [-0.05, 0) is 37.1 Å². The summed E-state index contributed by atoms with van der Waals surface area (Å²) in [4.78, 5) is 12.4. The quantitative estimate of drug-likeness (QED) is 0.884. The van der Waals surface area contributed by atoms with Crippen LogP contribution in [0.4, 0.5) is 4.79 Å². The molecule has 1 aliphatic heterocycles. The Hall–Kier alpha value is -2.47. The van der Waals surface area contributed by atoms with Crippen LogP contribution in [0.5, 0.6) is 5.75 Å². The van der Waals surface area contributed by atoms with Gasteiger partial charge in [0.2, 0.25) is 0 Å². The second kappa shape index (κ2) is 6.97. The lowest BCUT2D eigenvalue weighted by Gasteiger charge is -2.18. The molecule has 2 aromatic rings. The van der Waals surface area contributed by atoms with Crippen LogP contribution in [0.25, 0.3) is 0 Å². The van der Waals surface area contributed by atoms with Gasteiger partial charge in [-0.3, -0.25) is 0 Å². The van der Waals surface area contributed by atoms with Gasteiger partial charge in [-0.1, -0.05) is 12.1 Å². The molecule has 3 rings (SSSR count). The van der Waals surface area contributed by atoms with Crippen molar-refractivity contribution in [3.05, 3.63) is 53.0 Å². The van der Waals surface area contributed by atoms with Gasteiger partial charge in [-0.2, -0.15) is 0 Å². The van der Waals surface area contributed by atoms with Gasteiger partial charge in [-0.15, -0.1) is 0 Å². The molecule has 0 saturated carbocycles. The molecule has 0 bridgehead atoms. The molecule has 1 aliphatic rings. The fraction of sp³-hybridized carbons (Fsp3) is 0.389. The number of hydrogen-bond acceptors (Lipinski definition) is 4. The van der Waals surface area contributed by atoms with Crippen LogP contribution >= 0.6 is 0 Å². The number of carbonyl (C=O) groups excluding carboxylic acids is 1. The van der Waals surface area contributed by atoms with Crippen molar-refractivity contribution in [1.82, 2.24) is 10.6 Å². The third-order valence-electron chi connectivity index (χ3n) is 4.31. The van der Waals surface area contributed by atoms with E-state index in [9.17, 15) is 4.79 Å². The van der Waals surface area contributed by atoms with Crippen molar-refractivity contribution in [2.75, 3.05) is 20.3 Å². The molecule has 0 unspecified atom stereocenters. The fourth-order valence-corrected chi connectivity index (χ4v) is 2.86. The Morgan fingerprint density at radius 2 is 2.21 bits per heavy atom. The third kappa shape index (κ3) is 3.23. The van der Waals surface area contributed by atoms with Crippen LogP contribution in [0.2, 0.25) is 0 Å². The number of furan rings is 1. The average molecular weight is 330 g/mol. The summed E-state index contributed by atoms with van der Waals surface area (Å²) in [5.41, 5.74) is 3.30. The van der Waals surface area contributed by atoms with E-state index in [1.807, 2.05) is 32.0 Å². The number of benzene rings is 1. The summed E-state index contributed by atoms with van der Waals surface area (Å²) in [6.07, 6.45) is 1.57. The number of methoxy groups -OCH3 is 1. The van der Waals surface area contributed by atoms with Crippen LogP contribution in [0.15, 0.2) is 34.9 Å². The summed E-state index contributed by atoms with van der Waals surface area (Å²) in [6.45, 7) is 4.84. The highest BCUT2D eigenvalue weighted by atomic mass is 16.5. The molecule has 0 saturated heterocycles. The molecule has 2 N–H and O–H groups in total. The molecule has 0 radical (unpaired) electrons. The first-order valence-corrected chi connectivity index (χ1v) is 7.92. The van der Waals surface area contributed by atoms with E-state index in [-0.39, 0.29) is 18.1 Å². The predicted octanol–water partition coefficient (Wildman–Crippen LogP) is 3.02. The molecule has 6 heteroatoms.